The molecule has 0 fully saturated rings. The highest BCUT2D eigenvalue weighted by Gasteiger charge is 2.20. The van der Waals surface area contributed by atoms with Crippen LogP contribution in [0.2, 0.25) is 0 Å². The first kappa shape index (κ1) is 22.4. The predicted molar refractivity (Wildman–Crippen MR) is 121 cm³/mol. The summed E-state index contributed by atoms with van der Waals surface area (Å²) < 4.78 is 30.7. The monoisotopic (exact) mass is 447 g/mol. The van der Waals surface area contributed by atoms with Crippen LogP contribution in [0.3, 0.4) is 0 Å². The first-order valence-electron chi connectivity index (χ1n) is 10.2. The van der Waals surface area contributed by atoms with Crippen LogP contribution in [0.5, 0.6) is 0 Å². The lowest BCUT2D eigenvalue weighted by molar-refractivity contribution is 0.0692. The van der Waals surface area contributed by atoms with Crippen molar-refractivity contribution in [2.24, 2.45) is 0 Å². The van der Waals surface area contributed by atoms with Crippen molar-refractivity contribution in [3.8, 4) is 33.7 Å². The number of nitrogens with zero attached hydrogens (tertiary/aromatic N) is 1. The highest BCUT2D eigenvalue weighted by atomic mass is 19.1. The Bertz CT molecular complexity index is 1280. The molecule has 0 bridgehead atoms. The van der Waals surface area contributed by atoms with Gasteiger partial charge in [0.15, 0.2) is 5.76 Å². The lowest BCUT2D eigenvalue weighted by atomic mass is 9.91. The van der Waals surface area contributed by atoms with Crippen LogP contribution in [0.25, 0.3) is 33.7 Å². The van der Waals surface area contributed by atoms with Crippen LogP contribution >= 0.6 is 0 Å². The normalized spacial score (nSPS) is 11.0. The molecule has 0 saturated carbocycles. The van der Waals surface area contributed by atoms with Crippen molar-refractivity contribution >= 4 is 5.97 Å². The van der Waals surface area contributed by atoms with E-state index in [1.165, 1.54) is 12.1 Å². The second-order valence-electron chi connectivity index (χ2n) is 7.43. The summed E-state index contributed by atoms with van der Waals surface area (Å²) in [7, 11) is 3.26. The molecule has 7 heteroatoms. The fourth-order valence-corrected chi connectivity index (χ4v) is 3.82. The molecule has 6 nitrogen and oxygen atoms in total. The number of hydrogen-bond donors (Lipinski definition) is 1. The van der Waals surface area contributed by atoms with E-state index < -0.39 is 17.3 Å². The Balaban J connectivity index is 1.80. The van der Waals surface area contributed by atoms with E-state index in [4.69, 9.17) is 19.1 Å². The lowest BCUT2D eigenvalue weighted by Crippen LogP contribution is -2.03. The van der Waals surface area contributed by atoms with Crippen LogP contribution in [0.4, 0.5) is 4.39 Å². The number of carboxylic acids is 1. The third-order valence-corrected chi connectivity index (χ3v) is 5.36. The van der Waals surface area contributed by atoms with E-state index >= 15 is 0 Å². The second kappa shape index (κ2) is 9.77. The molecule has 4 rings (SSSR count). The van der Waals surface area contributed by atoms with Gasteiger partial charge in [0.25, 0.3) is 0 Å². The number of ether oxygens (including phenoxy) is 2. The van der Waals surface area contributed by atoms with Gasteiger partial charge in [-0.2, -0.15) is 0 Å². The van der Waals surface area contributed by atoms with Gasteiger partial charge in [-0.3, -0.25) is 0 Å². The minimum atomic E-state index is -1.33. The fourth-order valence-electron chi connectivity index (χ4n) is 3.82. The van der Waals surface area contributed by atoms with Gasteiger partial charge in [-0.15, -0.1) is 0 Å². The van der Waals surface area contributed by atoms with Gasteiger partial charge in [-0.05, 0) is 34.4 Å². The molecule has 0 atom stereocenters. The Morgan fingerprint density at radius 1 is 0.909 bits per heavy atom. The second-order valence-corrected chi connectivity index (χ2v) is 7.43. The Labute approximate surface area is 190 Å². The van der Waals surface area contributed by atoms with Gasteiger partial charge in [-0.1, -0.05) is 53.7 Å². The van der Waals surface area contributed by atoms with E-state index in [2.05, 4.69) is 5.16 Å². The molecule has 0 amide bonds. The zero-order valence-electron chi connectivity index (χ0n) is 18.2. The molecule has 0 aliphatic heterocycles. The average Bonchev–Trinajstić information content (AvgIpc) is 3.30. The largest absolute Gasteiger partial charge is 0.478 e. The van der Waals surface area contributed by atoms with Crippen LogP contribution in [0, 0.1) is 5.82 Å². The molecule has 0 aliphatic rings. The van der Waals surface area contributed by atoms with Crippen LogP contribution in [0.1, 0.15) is 21.5 Å². The van der Waals surface area contributed by atoms with Gasteiger partial charge in [0, 0.05) is 31.4 Å². The maximum atomic E-state index is 14.2. The third kappa shape index (κ3) is 4.55. The number of benzene rings is 3. The van der Waals surface area contributed by atoms with E-state index in [0.717, 1.165) is 33.9 Å². The Hall–Kier alpha value is -3.81. The van der Waals surface area contributed by atoms with Crippen molar-refractivity contribution < 1.29 is 28.3 Å². The summed E-state index contributed by atoms with van der Waals surface area (Å²) in [6.07, 6.45) is 0. The van der Waals surface area contributed by atoms with Crippen molar-refractivity contribution in [3.63, 3.8) is 0 Å². The SMILES string of the molecule is COCc1c(-c2ccccc2)ccc(-c2cc(-c3ccc(C(=O)O)c(F)c3)no2)c1COC. The molecule has 0 spiro atoms. The van der Waals surface area contributed by atoms with Gasteiger partial charge in [-0.25, -0.2) is 9.18 Å². The summed E-state index contributed by atoms with van der Waals surface area (Å²) >= 11 is 0. The van der Waals surface area contributed by atoms with Gasteiger partial charge < -0.3 is 19.1 Å². The zero-order valence-corrected chi connectivity index (χ0v) is 18.2. The number of hydrogen-bond acceptors (Lipinski definition) is 5. The topological polar surface area (TPSA) is 81.8 Å². The quantitative estimate of drug-likeness (QED) is 0.367. The molecule has 168 valence electrons. The first-order chi connectivity index (χ1) is 16.0. The summed E-state index contributed by atoms with van der Waals surface area (Å²) in [6, 6.07) is 19.5. The number of aromatic nitrogens is 1. The summed E-state index contributed by atoms with van der Waals surface area (Å²) in [5.41, 5.74) is 5.15. The van der Waals surface area contributed by atoms with Crippen molar-refractivity contribution in [2.75, 3.05) is 14.2 Å². The maximum Gasteiger partial charge on any atom is 0.338 e. The van der Waals surface area contributed by atoms with E-state index in [-0.39, 0.29) is 0 Å². The molecule has 0 saturated heterocycles. The highest BCUT2D eigenvalue weighted by molar-refractivity contribution is 5.88. The molecule has 3 aromatic carbocycles. The number of rotatable bonds is 8. The minimum Gasteiger partial charge on any atom is -0.478 e. The van der Waals surface area contributed by atoms with E-state index in [1.54, 1.807) is 20.3 Å². The van der Waals surface area contributed by atoms with Gasteiger partial charge in [0.05, 0.1) is 18.8 Å². The molecule has 1 heterocycles. The molecule has 0 aliphatic carbocycles. The van der Waals surface area contributed by atoms with Gasteiger partial charge in [0.2, 0.25) is 0 Å². The number of carboxylic acid groups (broad SMARTS) is 1. The van der Waals surface area contributed by atoms with Crippen LogP contribution in [-0.4, -0.2) is 30.5 Å². The standard InChI is InChI=1S/C26H22FNO5/c1-31-14-21-18(16-6-4-3-5-7-16)10-11-19(22(21)15-32-2)25-13-24(28-33-25)17-8-9-20(26(29)30)23(27)12-17/h3-13H,14-15H2,1-2H3,(H,29,30). The van der Waals surface area contributed by atoms with Crippen molar-refractivity contribution in [1.29, 1.82) is 0 Å². The van der Waals surface area contributed by atoms with E-state index in [0.29, 0.717) is 30.2 Å². The zero-order chi connectivity index (χ0) is 23.4. The summed E-state index contributed by atoms with van der Waals surface area (Å²) in [6.45, 7) is 0.701. The number of methoxy groups -OCH3 is 2. The molecular formula is C26H22FNO5. The van der Waals surface area contributed by atoms with Crippen molar-refractivity contribution in [1.82, 2.24) is 5.16 Å². The molecular weight excluding hydrogens is 425 g/mol. The van der Waals surface area contributed by atoms with Gasteiger partial charge >= 0.3 is 5.97 Å². The smallest absolute Gasteiger partial charge is 0.338 e. The highest BCUT2D eigenvalue weighted by Crippen LogP contribution is 2.36. The summed E-state index contributed by atoms with van der Waals surface area (Å²) in [5.74, 6) is -1.68. The van der Waals surface area contributed by atoms with Crippen LogP contribution < -0.4 is 0 Å². The Kier molecular flexibility index (Phi) is 6.63. The number of halogens is 1. The van der Waals surface area contributed by atoms with E-state index in [9.17, 15) is 9.18 Å². The fraction of sp³-hybridized carbons (Fsp3) is 0.154. The molecule has 1 aromatic heterocycles. The molecule has 0 unspecified atom stereocenters. The third-order valence-electron chi connectivity index (χ3n) is 5.36. The minimum absolute atomic E-state index is 0.326. The summed E-state index contributed by atoms with van der Waals surface area (Å²) in [4.78, 5) is 11.1. The average molecular weight is 447 g/mol. The molecule has 4 aromatic rings. The Morgan fingerprint density at radius 2 is 1.58 bits per heavy atom. The molecule has 33 heavy (non-hydrogen) atoms. The van der Waals surface area contributed by atoms with Crippen LogP contribution in [-0.2, 0) is 22.7 Å². The molecule has 0 radical (unpaired) electrons. The van der Waals surface area contributed by atoms with Gasteiger partial charge in [0.1, 0.15) is 11.5 Å². The van der Waals surface area contributed by atoms with Crippen LogP contribution in [0.15, 0.2) is 71.3 Å². The lowest BCUT2D eigenvalue weighted by Gasteiger charge is -2.17. The van der Waals surface area contributed by atoms with Crippen molar-refractivity contribution in [3.05, 3.63) is 89.2 Å². The maximum absolute atomic E-state index is 14.2. The molecule has 1 N–H and O–H groups in total. The van der Waals surface area contributed by atoms with Crippen molar-refractivity contribution in [2.45, 2.75) is 13.2 Å². The number of aromatic carboxylic acids is 1. The Morgan fingerprint density at radius 3 is 2.21 bits per heavy atom. The first-order valence-corrected chi connectivity index (χ1v) is 10.2. The number of carbonyl (C=O) groups is 1. The van der Waals surface area contributed by atoms with E-state index in [1.807, 2.05) is 42.5 Å². The predicted octanol–water partition coefficient (Wildman–Crippen LogP) is 5.81. The summed E-state index contributed by atoms with van der Waals surface area (Å²) in [5, 5.41) is 13.1.